The van der Waals surface area contributed by atoms with Crippen LogP contribution >= 0.6 is 0 Å². The molecule has 7 nitrogen and oxygen atoms in total. The predicted molar refractivity (Wildman–Crippen MR) is 107 cm³/mol. The Morgan fingerprint density at radius 2 is 1.75 bits per heavy atom. The molecule has 7 heteroatoms. The third-order valence-corrected chi connectivity index (χ3v) is 4.46. The van der Waals surface area contributed by atoms with Crippen LogP contribution in [0.4, 0.5) is 5.95 Å². The van der Waals surface area contributed by atoms with Crippen molar-refractivity contribution in [1.82, 2.24) is 19.5 Å². The number of nitrogens with zero attached hydrogens (tertiary/aromatic N) is 3. The van der Waals surface area contributed by atoms with Gasteiger partial charge in [0.05, 0.1) is 25.2 Å². The number of hydrogen-bond donors (Lipinski definition) is 2. The van der Waals surface area contributed by atoms with Gasteiger partial charge >= 0.3 is 0 Å². The number of carbonyl (C=O) groups excluding carboxylic acids is 1. The van der Waals surface area contributed by atoms with E-state index in [-0.39, 0.29) is 5.91 Å². The van der Waals surface area contributed by atoms with E-state index in [9.17, 15) is 4.79 Å². The third-order valence-electron chi connectivity index (χ3n) is 4.46. The lowest BCUT2D eigenvalue weighted by atomic mass is 10.2. The average Bonchev–Trinajstić information content (AvgIpc) is 3.35. The number of nitrogens with one attached hydrogen (secondary N) is 2. The smallest absolute Gasteiger partial charge is 0.276 e. The fourth-order valence-corrected chi connectivity index (χ4v) is 2.95. The van der Waals surface area contributed by atoms with Crippen LogP contribution < -0.4 is 10.1 Å². The van der Waals surface area contributed by atoms with Crippen LogP contribution in [0.25, 0.3) is 22.6 Å². The topological polar surface area (TPSA) is 84.8 Å². The SMILES string of the molecule is COc1ccc(-c2cnc(NC(=O)c3cnc(-c4ccccc4)n3C)[nH]2)cc1. The zero-order valence-corrected chi connectivity index (χ0v) is 15.5. The van der Waals surface area contributed by atoms with Crippen molar-refractivity contribution in [2.75, 3.05) is 12.4 Å². The molecule has 0 aliphatic heterocycles. The molecule has 0 spiro atoms. The Kier molecular flexibility index (Phi) is 4.63. The molecule has 1 amide bonds. The number of aromatic nitrogens is 4. The number of H-pyrrole nitrogens is 1. The van der Waals surface area contributed by atoms with Crippen LogP contribution in [0.3, 0.4) is 0 Å². The zero-order valence-electron chi connectivity index (χ0n) is 15.5. The number of benzene rings is 2. The second kappa shape index (κ2) is 7.40. The number of rotatable bonds is 5. The third kappa shape index (κ3) is 3.37. The number of ether oxygens (including phenoxy) is 1. The van der Waals surface area contributed by atoms with E-state index in [2.05, 4.69) is 20.3 Å². The van der Waals surface area contributed by atoms with Crippen LogP contribution in [0.15, 0.2) is 67.0 Å². The van der Waals surface area contributed by atoms with Gasteiger partial charge in [0, 0.05) is 12.6 Å². The largest absolute Gasteiger partial charge is 0.497 e. The predicted octanol–water partition coefficient (Wildman–Crippen LogP) is 3.74. The minimum Gasteiger partial charge on any atom is -0.497 e. The maximum Gasteiger partial charge on any atom is 0.276 e. The van der Waals surface area contributed by atoms with Gasteiger partial charge in [-0.1, -0.05) is 30.3 Å². The van der Waals surface area contributed by atoms with E-state index in [0.29, 0.717) is 11.6 Å². The summed E-state index contributed by atoms with van der Waals surface area (Å²) in [6, 6.07) is 17.3. The fourth-order valence-electron chi connectivity index (χ4n) is 2.95. The minimum atomic E-state index is -0.284. The summed E-state index contributed by atoms with van der Waals surface area (Å²) in [5.41, 5.74) is 3.14. The lowest BCUT2D eigenvalue weighted by Crippen LogP contribution is -2.16. The first kappa shape index (κ1) is 17.5. The monoisotopic (exact) mass is 373 g/mol. The molecule has 0 radical (unpaired) electrons. The maximum atomic E-state index is 12.7. The molecule has 2 N–H and O–H groups in total. The Bertz CT molecular complexity index is 1100. The molecule has 2 aromatic carbocycles. The van der Waals surface area contributed by atoms with Crippen LogP contribution in [-0.2, 0) is 7.05 Å². The summed E-state index contributed by atoms with van der Waals surface area (Å²) in [5, 5.41) is 2.79. The molecule has 2 aromatic heterocycles. The molecule has 0 bridgehead atoms. The van der Waals surface area contributed by atoms with E-state index < -0.39 is 0 Å². The van der Waals surface area contributed by atoms with Gasteiger partial charge in [0.2, 0.25) is 5.95 Å². The van der Waals surface area contributed by atoms with E-state index in [1.807, 2.05) is 61.6 Å². The zero-order chi connectivity index (χ0) is 19.5. The summed E-state index contributed by atoms with van der Waals surface area (Å²) in [5.74, 6) is 1.59. The van der Waals surface area contributed by atoms with Crippen molar-refractivity contribution < 1.29 is 9.53 Å². The molecular weight excluding hydrogens is 354 g/mol. The van der Waals surface area contributed by atoms with E-state index >= 15 is 0 Å². The normalized spacial score (nSPS) is 10.6. The van der Waals surface area contributed by atoms with E-state index in [4.69, 9.17) is 4.74 Å². The van der Waals surface area contributed by atoms with Crippen LogP contribution in [0, 0.1) is 0 Å². The molecule has 0 aliphatic rings. The first-order valence-corrected chi connectivity index (χ1v) is 8.73. The van der Waals surface area contributed by atoms with E-state index in [1.165, 1.54) is 0 Å². The molecular formula is C21H19N5O2. The fraction of sp³-hybridized carbons (Fsp3) is 0.0952. The average molecular weight is 373 g/mol. The van der Waals surface area contributed by atoms with Crippen molar-refractivity contribution in [1.29, 1.82) is 0 Å². The summed E-state index contributed by atoms with van der Waals surface area (Å²) in [4.78, 5) is 24.4. The summed E-state index contributed by atoms with van der Waals surface area (Å²) >= 11 is 0. The lowest BCUT2D eigenvalue weighted by molar-refractivity contribution is 0.101. The maximum absolute atomic E-state index is 12.7. The highest BCUT2D eigenvalue weighted by Gasteiger charge is 2.16. The second-order valence-electron chi connectivity index (χ2n) is 6.22. The first-order valence-electron chi connectivity index (χ1n) is 8.73. The minimum absolute atomic E-state index is 0.284. The van der Waals surface area contributed by atoms with Crippen molar-refractivity contribution >= 4 is 11.9 Å². The Morgan fingerprint density at radius 1 is 1.00 bits per heavy atom. The Morgan fingerprint density at radius 3 is 2.46 bits per heavy atom. The number of carbonyl (C=O) groups is 1. The number of imidazole rings is 2. The number of hydrogen-bond acceptors (Lipinski definition) is 4. The van der Waals surface area contributed by atoms with Gasteiger partial charge in [0.1, 0.15) is 17.3 Å². The van der Waals surface area contributed by atoms with Gasteiger partial charge < -0.3 is 14.3 Å². The van der Waals surface area contributed by atoms with Gasteiger partial charge in [-0.2, -0.15) is 0 Å². The Hall–Kier alpha value is -3.87. The summed E-state index contributed by atoms with van der Waals surface area (Å²) in [6.45, 7) is 0. The van der Waals surface area contributed by atoms with Gasteiger partial charge in [-0.25, -0.2) is 9.97 Å². The summed E-state index contributed by atoms with van der Waals surface area (Å²) in [6.07, 6.45) is 3.24. The van der Waals surface area contributed by atoms with Crippen molar-refractivity contribution in [2.45, 2.75) is 0 Å². The van der Waals surface area contributed by atoms with E-state index in [1.54, 1.807) is 24.1 Å². The van der Waals surface area contributed by atoms with Crippen molar-refractivity contribution in [3.8, 4) is 28.4 Å². The molecule has 140 valence electrons. The van der Waals surface area contributed by atoms with Crippen LogP contribution in [0.5, 0.6) is 5.75 Å². The molecule has 0 aliphatic carbocycles. The quantitative estimate of drug-likeness (QED) is 0.558. The Labute approximate surface area is 162 Å². The molecule has 0 atom stereocenters. The standard InChI is InChI=1S/C21H19N5O2/c1-26-18(13-22-19(26)15-6-4-3-5-7-15)20(27)25-21-23-12-17(24-21)14-8-10-16(28-2)11-9-14/h3-13H,1-2H3,(H2,23,24,25,27). The molecule has 0 saturated carbocycles. The summed E-state index contributed by atoms with van der Waals surface area (Å²) < 4.78 is 6.93. The molecule has 2 heterocycles. The van der Waals surface area contributed by atoms with Crippen molar-refractivity contribution in [3.05, 3.63) is 72.7 Å². The summed E-state index contributed by atoms with van der Waals surface area (Å²) in [7, 11) is 3.44. The highest BCUT2D eigenvalue weighted by molar-refractivity contribution is 6.02. The number of methoxy groups -OCH3 is 1. The molecule has 4 rings (SSSR count). The number of amides is 1. The second-order valence-corrected chi connectivity index (χ2v) is 6.22. The van der Waals surface area contributed by atoms with Gasteiger partial charge in [0.15, 0.2) is 0 Å². The van der Waals surface area contributed by atoms with E-state index in [0.717, 1.165) is 28.4 Å². The molecule has 4 aromatic rings. The number of anilines is 1. The molecule has 28 heavy (non-hydrogen) atoms. The lowest BCUT2D eigenvalue weighted by Gasteiger charge is -2.06. The van der Waals surface area contributed by atoms with Gasteiger partial charge in [-0.3, -0.25) is 10.1 Å². The van der Waals surface area contributed by atoms with Crippen LogP contribution in [0.1, 0.15) is 10.5 Å². The van der Waals surface area contributed by atoms with Gasteiger partial charge in [-0.05, 0) is 29.8 Å². The number of aromatic amines is 1. The highest BCUT2D eigenvalue weighted by Crippen LogP contribution is 2.22. The first-order chi connectivity index (χ1) is 13.7. The molecule has 0 fully saturated rings. The van der Waals surface area contributed by atoms with Crippen molar-refractivity contribution in [2.24, 2.45) is 7.05 Å². The van der Waals surface area contributed by atoms with Crippen molar-refractivity contribution in [3.63, 3.8) is 0 Å². The molecule has 0 unspecified atom stereocenters. The van der Waals surface area contributed by atoms with Gasteiger partial charge in [-0.15, -0.1) is 0 Å². The molecule has 0 saturated heterocycles. The Balaban J connectivity index is 1.52. The van der Waals surface area contributed by atoms with Gasteiger partial charge in [0.25, 0.3) is 5.91 Å². The van der Waals surface area contributed by atoms with Crippen LogP contribution in [-0.4, -0.2) is 32.5 Å². The van der Waals surface area contributed by atoms with Crippen LogP contribution in [0.2, 0.25) is 0 Å². The highest BCUT2D eigenvalue weighted by atomic mass is 16.5.